The number of rotatable bonds is 1. The molecule has 1 aromatic carbocycles. The summed E-state index contributed by atoms with van der Waals surface area (Å²) in [5.74, 6) is 0.900. The van der Waals surface area contributed by atoms with Gasteiger partial charge >= 0.3 is 0 Å². The van der Waals surface area contributed by atoms with Crippen LogP contribution >= 0.6 is 15.9 Å². The number of hydrogen-bond acceptors (Lipinski definition) is 2. The van der Waals surface area contributed by atoms with Crippen molar-refractivity contribution in [3.8, 4) is 5.75 Å². The SMILES string of the molecule is Brc1ccc2c(c1)OCC(c1ccc[nH]1)N2. The summed E-state index contributed by atoms with van der Waals surface area (Å²) in [6, 6.07) is 10.3. The molecule has 4 heteroatoms. The summed E-state index contributed by atoms with van der Waals surface area (Å²) in [5, 5.41) is 3.45. The van der Waals surface area contributed by atoms with Gasteiger partial charge in [-0.2, -0.15) is 0 Å². The molecule has 0 radical (unpaired) electrons. The standard InChI is InChI=1S/C12H11BrN2O/c13-8-3-4-10-12(6-8)16-7-11(15-10)9-2-1-5-14-9/h1-6,11,14-15H,7H2. The number of nitrogens with one attached hydrogen (secondary N) is 2. The Labute approximate surface area is 102 Å². The lowest BCUT2D eigenvalue weighted by Gasteiger charge is -2.27. The molecule has 0 saturated heterocycles. The minimum absolute atomic E-state index is 0.198. The van der Waals surface area contributed by atoms with Crippen LogP contribution in [0.15, 0.2) is 41.0 Å². The monoisotopic (exact) mass is 278 g/mol. The van der Waals surface area contributed by atoms with E-state index in [1.165, 1.54) is 0 Å². The smallest absolute Gasteiger partial charge is 0.143 e. The zero-order chi connectivity index (χ0) is 11.0. The number of hydrogen-bond donors (Lipinski definition) is 2. The third-order valence-corrected chi connectivity index (χ3v) is 3.17. The van der Waals surface area contributed by atoms with E-state index in [2.05, 4.69) is 32.3 Å². The number of aromatic nitrogens is 1. The molecule has 3 rings (SSSR count). The molecular weight excluding hydrogens is 268 g/mol. The highest BCUT2D eigenvalue weighted by Gasteiger charge is 2.20. The maximum absolute atomic E-state index is 5.73. The van der Waals surface area contributed by atoms with E-state index in [0.717, 1.165) is 21.6 Å². The predicted octanol–water partition coefficient (Wildman–Crippen LogP) is 3.32. The lowest BCUT2D eigenvalue weighted by atomic mass is 10.1. The summed E-state index contributed by atoms with van der Waals surface area (Å²) < 4.78 is 6.76. The van der Waals surface area contributed by atoms with Crippen LogP contribution in [0.2, 0.25) is 0 Å². The molecule has 1 unspecified atom stereocenters. The van der Waals surface area contributed by atoms with Crippen molar-refractivity contribution in [1.29, 1.82) is 0 Å². The molecule has 1 aliphatic rings. The number of H-pyrrole nitrogens is 1. The number of fused-ring (bicyclic) bond motifs is 1. The Kier molecular flexibility index (Phi) is 2.36. The molecule has 0 spiro atoms. The van der Waals surface area contributed by atoms with Crippen molar-refractivity contribution >= 4 is 21.6 Å². The van der Waals surface area contributed by atoms with Crippen molar-refractivity contribution in [3.05, 3.63) is 46.7 Å². The van der Waals surface area contributed by atoms with Gasteiger partial charge in [-0.1, -0.05) is 15.9 Å². The van der Waals surface area contributed by atoms with Crippen LogP contribution < -0.4 is 10.1 Å². The van der Waals surface area contributed by atoms with Gasteiger partial charge in [0.1, 0.15) is 18.4 Å². The fourth-order valence-electron chi connectivity index (χ4n) is 1.87. The molecule has 82 valence electrons. The van der Waals surface area contributed by atoms with Crippen LogP contribution in [-0.4, -0.2) is 11.6 Å². The van der Waals surface area contributed by atoms with Crippen LogP contribution in [0, 0.1) is 0 Å². The molecule has 16 heavy (non-hydrogen) atoms. The number of halogens is 1. The molecule has 0 bridgehead atoms. The van der Waals surface area contributed by atoms with Crippen molar-refractivity contribution in [3.63, 3.8) is 0 Å². The largest absolute Gasteiger partial charge is 0.489 e. The summed E-state index contributed by atoms with van der Waals surface area (Å²) in [6.45, 7) is 0.643. The van der Waals surface area contributed by atoms with Gasteiger partial charge in [-0.05, 0) is 30.3 Å². The summed E-state index contributed by atoms with van der Waals surface area (Å²) >= 11 is 3.43. The molecule has 1 aromatic heterocycles. The summed E-state index contributed by atoms with van der Waals surface area (Å²) in [7, 11) is 0. The van der Waals surface area contributed by atoms with E-state index in [4.69, 9.17) is 4.74 Å². The van der Waals surface area contributed by atoms with Crippen molar-refractivity contribution < 1.29 is 4.74 Å². The average molecular weight is 279 g/mol. The van der Waals surface area contributed by atoms with Gasteiger partial charge < -0.3 is 15.0 Å². The van der Waals surface area contributed by atoms with E-state index in [1.54, 1.807) is 0 Å². The zero-order valence-electron chi connectivity index (χ0n) is 8.53. The zero-order valence-corrected chi connectivity index (χ0v) is 10.1. The first-order valence-corrected chi connectivity index (χ1v) is 5.94. The van der Waals surface area contributed by atoms with Gasteiger partial charge in [0, 0.05) is 16.4 Å². The maximum Gasteiger partial charge on any atom is 0.143 e. The van der Waals surface area contributed by atoms with Crippen LogP contribution in [0.3, 0.4) is 0 Å². The van der Waals surface area contributed by atoms with Crippen LogP contribution in [0.5, 0.6) is 5.75 Å². The molecule has 2 heterocycles. The molecule has 2 aromatic rings. The predicted molar refractivity (Wildman–Crippen MR) is 66.8 cm³/mol. The normalized spacial score (nSPS) is 18.4. The Morgan fingerprint density at radius 2 is 2.25 bits per heavy atom. The Morgan fingerprint density at radius 3 is 3.06 bits per heavy atom. The van der Waals surface area contributed by atoms with E-state index in [9.17, 15) is 0 Å². The van der Waals surface area contributed by atoms with Gasteiger partial charge in [0.05, 0.1) is 5.69 Å². The van der Waals surface area contributed by atoms with Crippen molar-refractivity contribution in [2.75, 3.05) is 11.9 Å². The van der Waals surface area contributed by atoms with Gasteiger partial charge in [-0.25, -0.2) is 0 Å². The number of benzene rings is 1. The first kappa shape index (κ1) is 9.78. The van der Waals surface area contributed by atoms with Crippen molar-refractivity contribution in [2.24, 2.45) is 0 Å². The lowest BCUT2D eigenvalue weighted by Crippen LogP contribution is -2.24. The van der Waals surface area contributed by atoms with Gasteiger partial charge in [-0.15, -0.1) is 0 Å². The fraction of sp³-hybridized carbons (Fsp3) is 0.167. The van der Waals surface area contributed by atoms with Crippen molar-refractivity contribution in [2.45, 2.75) is 6.04 Å². The highest BCUT2D eigenvalue weighted by Crippen LogP contribution is 2.35. The van der Waals surface area contributed by atoms with Gasteiger partial charge in [0.25, 0.3) is 0 Å². The molecule has 1 atom stereocenters. The third kappa shape index (κ3) is 1.69. The average Bonchev–Trinajstić information content (AvgIpc) is 2.82. The number of ether oxygens (including phenoxy) is 1. The fourth-order valence-corrected chi connectivity index (χ4v) is 2.21. The molecule has 2 N–H and O–H groups in total. The summed E-state index contributed by atoms with van der Waals surface area (Å²) in [6.07, 6.45) is 1.92. The van der Waals surface area contributed by atoms with E-state index >= 15 is 0 Å². The first-order chi connectivity index (χ1) is 7.83. The maximum atomic E-state index is 5.73. The van der Waals surface area contributed by atoms with Crippen LogP contribution in [-0.2, 0) is 0 Å². The van der Waals surface area contributed by atoms with Gasteiger partial charge in [-0.3, -0.25) is 0 Å². The van der Waals surface area contributed by atoms with E-state index in [1.807, 2.05) is 30.5 Å². The minimum atomic E-state index is 0.198. The third-order valence-electron chi connectivity index (χ3n) is 2.68. The van der Waals surface area contributed by atoms with E-state index in [0.29, 0.717) is 6.61 Å². The summed E-state index contributed by atoms with van der Waals surface area (Å²) in [4.78, 5) is 3.20. The first-order valence-electron chi connectivity index (χ1n) is 5.15. The number of anilines is 1. The molecule has 0 fully saturated rings. The van der Waals surface area contributed by atoms with E-state index < -0.39 is 0 Å². The van der Waals surface area contributed by atoms with E-state index in [-0.39, 0.29) is 6.04 Å². The number of aromatic amines is 1. The highest BCUT2D eigenvalue weighted by atomic mass is 79.9. The van der Waals surface area contributed by atoms with Gasteiger partial charge in [0.15, 0.2) is 0 Å². The Bertz CT molecular complexity index is 496. The topological polar surface area (TPSA) is 37.0 Å². The second kappa shape index (κ2) is 3.87. The quantitative estimate of drug-likeness (QED) is 0.840. The molecule has 1 aliphatic heterocycles. The lowest BCUT2D eigenvalue weighted by molar-refractivity contribution is 0.284. The Balaban J connectivity index is 1.89. The minimum Gasteiger partial charge on any atom is -0.489 e. The molecule has 0 saturated carbocycles. The van der Waals surface area contributed by atoms with Crippen LogP contribution in [0.1, 0.15) is 11.7 Å². The molecular formula is C12H11BrN2O. The van der Waals surface area contributed by atoms with Crippen LogP contribution in [0.25, 0.3) is 0 Å². The molecule has 3 nitrogen and oxygen atoms in total. The summed E-state index contributed by atoms with van der Waals surface area (Å²) in [5.41, 5.74) is 2.18. The highest BCUT2D eigenvalue weighted by molar-refractivity contribution is 9.10. The second-order valence-corrected chi connectivity index (χ2v) is 4.69. The Morgan fingerprint density at radius 1 is 1.31 bits per heavy atom. The van der Waals surface area contributed by atoms with Crippen molar-refractivity contribution in [1.82, 2.24) is 4.98 Å². The molecule has 0 aliphatic carbocycles. The van der Waals surface area contributed by atoms with Gasteiger partial charge in [0.2, 0.25) is 0 Å². The molecule has 0 amide bonds. The second-order valence-electron chi connectivity index (χ2n) is 3.77. The van der Waals surface area contributed by atoms with Crippen LogP contribution in [0.4, 0.5) is 5.69 Å². The Hall–Kier alpha value is -1.42.